The molecule has 0 aromatic carbocycles. The number of hydrogen-bond acceptors (Lipinski definition) is 3. The highest BCUT2D eigenvalue weighted by Gasteiger charge is 2.28. The second kappa shape index (κ2) is 8.77. The van der Waals surface area contributed by atoms with Gasteiger partial charge < -0.3 is 15.0 Å². The van der Waals surface area contributed by atoms with Crippen LogP contribution in [0.15, 0.2) is 0 Å². The number of nitrogens with zero attached hydrogens (tertiary/aromatic N) is 1. The number of halogens is 1. The summed E-state index contributed by atoms with van der Waals surface area (Å²) in [4.78, 5) is 14.5. The average molecular weight is 291 g/mol. The lowest BCUT2D eigenvalue weighted by molar-refractivity contribution is -0.137. The van der Waals surface area contributed by atoms with Gasteiger partial charge in [0.05, 0.1) is 12.5 Å². The van der Waals surface area contributed by atoms with E-state index in [1.165, 1.54) is 6.42 Å². The summed E-state index contributed by atoms with van der Waals surface area (Å²) in [6, 6.07) is 0.404. The second-order valence-electron chi connectivity index (χ2n) is 5.43. The molecule has 19 heavy (non-hydrogen) atoms. The first-order chi connectivity index (χ1) is 8.81. The molecule has 2 atom stereocenters. The van der Waals surface area contributed by atoms with Crippen molar-refractivity contribution in [3.63, 3.8) is 0 Å². The highest BCUT2D eigenvalue weighted by molar-refractivity contribution is 5.85. The van der Waals surface area contributed by atoms with E-state index >= 15 is 0 Å². The lowest BCUT2D eigenvalue weighted by Crippen LogP contribution is -2.43. The van der Waals surface area contributed by atoms with Crippen LogP contribution in [0.25, 0.3) is 0 Å². The van der Waals surface area contributed by atoms with Crippen molar-refractivity contribution in [3.05, 3.63) is 0 Å². The van der Waals surface area contributed by atoms with Gasteiger partial charge in [0, 0.05) is 25.7 Å². The minimum absolute atomic E-state index is 0. The number of nitrogens with one attached hydrogen (secondary N) is 1. The maximum absolute atomic E-state index is 12.4. The molecular weight excluding hydrogens is 264 g/mol. The van der Waals surface area contributed by atoms with Gasteiger partial charge in [-0.25, -0.2) is 0 Å². The van der Waals surface area contributed by atoms with Gasteiger partial charge in [0.2, 0.25) is 5.91 Å². The van der Waals surface area contributed by atoms with E-state index in [9.17, 15) is 4.79 Å². The lowest BCUT2D eigenvalue weighted by Gasteiger charge is -2.31. The number of amides is 1. The predicted octanol–water partition coefficient (Wildman–Crippen LogP) is 1.97. The fourth-order valence-electron chi connectivity index (χ4n) is 2.94. The van der Waals surface area contributed by atoms with Crippen LogP contribution in [0.3, 0.4) is 0 Å². The van der Waals surface area contributed by atoms with Crippen LogP contribution in [-0.4, -0.2) is 49.2 Å². The van der Waals surface area contributed by atoms with Gasteiger partial charge in [-0.15, -0.1) is 12.4 Å². The zero-order chi connectivity index (χ0) is 12.8. The molecule has 2 unspecified atom stereocenters. The van der Waals surface area contributed by atoms with E-state index in [2.05, 4.69) is 17.1 Å². The zero-order valence-corrected chi connectivity index (χ0v) is 12.7. The van der Waals surface area contributed by atoms with Crippen LogP contribution in [0.2, 0.25) is 0 Å². The molecule has 2 rings (SSSR count). The Labute approximate surface area is 122 Å². The van der Waals surface area contributed by atoms with Crippen LogP contribution in [0.1, 0.15) is 45.4 Å². The molecule has 0 saturated carbocycles. The summed E-state index contributed by atoms with van der Waals surface area (Å²) in [6.07, 6.45) is 6.28. The maximum atomic E-state index is 12.4. The Kier molecular flexibility index (Phi) is 7.73. The third-order valence-electron chi connectivity index (χ3n) is 3.94. The van der Waals surface area contributed by atoms with Gasteiger partial charge in [-0.3, -0.25) is 4.79 Å². The molecule has 2 aliphatic heterocycles. The van der Waals surface area contributed by atoms with E-state index in [4.69, 9.17) is 4.74 Å². The first kappa shape index (κ1) is 16.7. The van der Waals surface area contributed by atoms with Crippen LogP contribution in [0, 0.1) is 0 Å². The van der Waals surface area contributed by atoms with Gasteiger partial charge in [-0.1, -0.05) is 6.92 Å². The molecule has 2 aliphatic rings. The van der Waals surface area contributed by atoms with Crippen LogP contribution >= 0.6 is 12.4 Å². The summed E-state index contributed by atoms with van der Waals surface area (Å²) in [5, 5.41) is 3.34. The maximum Gasteiger partial charge on any atom is 0.225 e. The Morgan fingerprint density at radius 2 is 2.21 bits per heavy atom. The molecule has 0 aromatic heterocycles. The van der Waals surface area contributed by atoms with Crippen molar-refractivity contribution < 1.29 is 9.53 Å². The molecular formula is C14H27ClN2O2. The van der Waals surface area contributed by atoms with Gasteiger partial charge in [0.1, 0.15) is 0 Å². The molecule has 1 N–H and O–H groups in total. The van der Waals surface area contributed by atoms with E-state index in [-0.39, 0.29) is 24.4 Å². The summed E-state index contributed by atoms with van der Waals surface area (Å²) in [7, 11) is 0. The first-order valence-corrected chi connectivity index (χ1v) is 7.43. The molecule has 5 heteroatoms. The van der Waals surface area contributed by atoms with E-state index in [0.717, 1.165) is 51.9 Å². The molecule has 112 valence electrons. The standard InChI is InChI=1S/C14H26N2O2.ClH/c1-2-8-16(12-6-7-15-11-12)14(17)10-13-5-3-4-9-18-13;/h12-13,15H,2-11H2,1H3;1H. The Bertz CT molecular complexity index is 264. The highest BCUT2D eigenvalue weighted by atomic mass is 35.5. The number of ether oxygens (including phenoxy) is 1. The highest BCUT2D eigenvalue weighted by Crippen LogP contribution is 2.18. The average Bonchev–Trinajstić information content (AvgIpc) is 2.90. The SMILES string of the molecule is CCCN(C(=O)CC1CCCCO1)C1CCNC1.Cl. The molecule has 2 heterocycles. The van der Waals surface area contributed by atoms with Gasteiger partial charge in [-0.2, -0.15) is 0 Å². The first-order valence-electron chi connectivity index (χ1n) is 7.43. The van der Waals surface area contributed by atoms with Crippen molar-refractivity contribution in [1.82, 2.24) is 10.2 Å². The van der Waals surface area contributed by atoms with Crippen molar-refractivity contribution in [1.29, 1.82) is 0 Å². The largest absolute Gasteiger partial charge is 0.378 e. The van der Waals surface area contributed by atoms with E-state index < -0.39 is 0 Å². The quantitative estimate of drug-likeness (QED) is 0.842. The summed E-state index contributed by atoms with van der Waals surface area (Å²) >= 11 is 0. The Morgan fingerprint density at radius 3 is 2.79 bits per heavy atom. The van der Waals surface area contributed by atoms with Crippen molar-refractivity contribution >= 4 is 18.3 Å². The summed E-state index contributed by atoms with van der Waals surface area (Å²) in [5.41, 5.74) is 0. The molecule has 4 nitrogen and oxygen atoms in total. The Morgan fingerprint density at radius 1 is 1.37 bits per heavy atom. The fourth-order valence-corrected chi connectivity index (χ4v) is 2.94. The van der Waals surface area contributed by atoms with E-state index in [1.54, 1.807) is 0 Å². The van der Waals surface area contributed by atoms with E-state index in [1.807, 2.05) is 0 Å². The van der Waals surface area contributed by atoms with Crippen molar-refractivity contribution in [2.75, 3.05) is 26.2 Å². The fraction of sp³-hybridized carbons (Fsp3) is 0.929. The zero-order valence-electron chi connectivity index (χ0n) is 11.9. The normalized spacial score (nSPS) is 26.8. The molecule has 0 aliphatic carbocycles. The molecule has 2 saturated heterocycles. The Balaban J connectivity index is 0.00000180. The topological polar surface area (TPSA) is 41.6 Å². The number of rotatable bonds is 5. The van der Waals surface area contributed by atoms with Crippen LogP contribution < -0.4 is 5.32 Å². The van der Waals surface area contributed by atoms with Gasteiger partial charge in [-0.05, 0) is 38.6 Å². The number of carbonyl (C=O) groups is 1. The molecule has 0 radical (unpaired) electrons. The molecule has 0 spiro atoms. The minimum Gasteiger partial charge on any atom is -0.378 e. The third-order valence-corrected chi connectivity index (χ3v) is 3.94. The van der Waals surface area contributed by atoms with Crippen LogP contribution in [0.5, 0.6) is 0 Å². The molecule has 0 aromatic rings. The van der Waals surface area contributed by atoms with Crippen LogP contribution in [0.4, 0.5) is 0 Å². The lowest BCUT2D eigenvalue weighted by atomic mass is 10.0. The van der Waals surface area contributed by atoms with Crippen LogP contribution in [-0.2, 0) is 9.53 Å². The Hall–Kier alpha value is -0.320. The second-order valence-corrected chi connectivity index (χ2v) is 5.43. The summed E-state index contributed by atoms with van der Waals surface area (Å²) in [6.45, 7) is 5.85. The van der Waals surface area contributed by atoms with E-state index in [0.29, 0.717) is 12.5 Å². The summed E-state index contributed by atoms with van der Waals surface area (Å²) in [5.74, 6) is 0.289. The third kappa shape index (κ3) is 4.93. The molecule has 1 amide bonds. The predicted molar refractivity (Wildman–Crippen MR) is 78.7 cm³/mol. The van der Waals surface area contributed by atoms with Crippen molar-refractivity contribution in [2.45, 2.75) is 57.6 Å². The van der Waals surface area contributed by atoms with Gasteiger partial charge in [0.25, 0.3) is 0 Å². The van der Waals surface area contributed by atoms with Gasteiger partial charge in [0.15, 0.2) is 0 Å². The smallest absolute Gasteiger partial charge is 0.225 e. The molecule has 2 fully saturated rings. The molecule has 0 bridgehead atoms. The van der Waals surface area contributed by atoms with Crippen molar-refractivity contribution in [3.8, 4) is 0 Å². The van der Waals surface area contributed by atoms with Crippen molar-refractivity contribution in [2.24, 2.45) is 0 Å². The number of hydrogen-bond donors (Lipinski definition) is 1. The number of carbonyl (C=O) groups excluding carboxylic acids is 1. The minimum atomic E-state index is 0. The summed E-state index contributed by atoms with van der Waals surface area (Å²) < 4.78 is 5.68. The monoisotopic (exact) mass is 290 g/mol. The van der Waals surface area contributed by atoms with Gasteiger partial charge >= 0.3 is 0 Å².